The number of piperidine rings is 1. The SMILES string of the molecule is CS(=O)(=O)c1ccc(Nc2ncnc(OC3CCN(C(=O)c4ccccn4)CC3)c2C#N)cc1. The van der Waals surface area contributed by atoms with Gasteiger partial charge in [0, 0.05) is 44.1 Å². The Morgan fingerprint density at radius 3 is 2.47 bits per heavy atom. The first-order valence-electron chi connectivity index (χ1n) is 10.5. The van der Waals surface area contributed by atoms with E-state index in [4.69, 9.17) is 4.74 Å². The molecule has 0 atom stereocenters. The predicted octanol–water partition coefficient (Wildman–Crippen LogP) is 2.57. The van der Waals surface area contributed by atoms with Crippen LogP contribution >= 0.6 is 0 Å². The predicted molar refractivity (Wildman–Crippen MR) is 123 cm³/mol. The monoisotopic (exact) mass is 478 g/mol. The zero-order valence-electron chi connectivity index (χ0n) is 18.4. The van der Waals surface area contributed by atoms with Gasteiger partial charge in [0.2, 0.25) is 5.88 Å². The number of pyridine rings is 1. The highest BCUT2D eigenvalue weighted by molar-refractivity contribution is 7.90. The third kappa shape index (κ3) is 5.29. The molecule has 3 aromatic rings. The van der Waals surface area contributed by atoms with Crippen LogP contribution in [0.3, 0.4) is 0 Å². The quantitative estimate of drug-likeness (QED) is 0.566. The van der Waals surface area contributed by atoms with Crippen molar-refractivity contribution >= 4 is 27.2 Å². The molecule has 0 bridgehead atoms. The minimum absolute atomic E-state index is 0.118. The van der Waals surface area contributed by atoms with E-state index in [1.165, 1.54) is 18.5 Å². The number of benzene rings is 1. The number of likely N-dealkylation sites (tertiary alicyclic amines) is 1. The van der Waals surface area contributed by atoms with Gasteiger partial charge in [0.25, 0.3) is 5.91 Å². The largest absolute Gasteiger partial charge is 0.473 e. The fraction of sp³-hybridized carbons (Fsp3) is 0.261. The molecule has 0 radical (unpaired) electrons. The van der Waals surface area contributed by atoms with Gasteiger partial charge in [-0.2, -0.15) is 5.26 Å². The molecule has 0 unspecified atom stereocenters. The lowest BCUT2D eigenvalue weighted by Crippen LogP contribution is -2.42. The summed E-state index contributed by atoms with van der Waals surface area (Å²) < 4.78 is 29.3. The van der Waals surface area contributed by atoms with Gasteiger partial charge in [0.15, 0.2) is 21.2 Å². The first-order chi connectivity index (χ1) is 16.3. The summed E-state index contributed by atoms with van der Waals surface area (Å²) in [6.07, 6.45) is 4.98. The maximum atomic E-state index is 12.6. The topological polar surface area (TPSA) is 138 Å². The summed E-state index contributed by atoms with van der Waals surface area (Å²) in [4.78, 5) is 26.9. The zero-order chi connectivity index (χ0) is 24.1. The molecule has 1 aromatic carbocycles. The number of ether oxygens (including phenoxy) is 1. The van der Waals surface area contributed by atoms with Gasteiger partial charge in [-0.25, -0.2) is 18.4 Å². The molecule has 174 valence electrons. The number of carbonyl (C=O) groups is 1. The van der Waals surface area contributed by atoms with Crippen molar-refractivity contribution in [3.8, 4) is 11.9 Å². The van der Waals surface area contributed by atoms with E-state index >= 15 is 0 Å². The summed E-state index contributed by atoms with van der Waals surface area (Å²) in [6.45, 7) is 1.01. The van der Waals surface area contributed by atoms with Crippen molar-refractivity contribution in [1.82, 2.24) is 19.9 Å². The molecule has 3 heterocycles. The molecule has 1 N–H and O–H groups in total. The second kappa shape index (κ2) is 9.84. The lowest BCUT2D eigenvalue weighted by atomic mass is 10.1. The molecule has 0 aliphatic carbocycles. The first kappa shape index (κ1) is 23.1. The fourth-order valence-corrected chi connectivity index (χ4v) is 4.19. The van der Waals surface area contributed by atoms with Crippen LogP contribution in [0.15, 0.2) is 59.9 Å². The van der Waals surface area contributed by atoms with Crippen LogP contribution in [0.5, 0.6) is 5.88 Å². The standard InChI is InChI=1S/C23H22N6O4S/c1-34(31,32)18-7-5-16(6-8-18)28-21-19(14-24)22(27-15-26-21)33-17-9-12-29(13-10-17)23(30)20-4-2-3-11-25-20/h2-8,11,15,17H,9-10,12-13H2,1H3,(H,26,27,28). The summed E-state index contributed by atoms with van der Waals surface area (Å²) in [7, 11) is -3.31. The van der Waals surface area contributed by atoms with Crippen LogP contribution < -0.4 is 10.1 Å². The van der Waals surface area contributed by atoms with Crippen molar-refractivity contribution in [2.24, 2.45) is 0 Å². The van der Waals surface area contributed by atoms with Crippen LogP contribution in [0.1, 0.15) is 28.9 Å². The highest BCUT2D eigenvalue weighted by Crippen LogP contribution is 2.27. The number of anilines is 2. The number of hydrogen-bond acceptors (Lipinski definition) is 9. The van der Waals surface area contributed by atoms with Crippen molar-refractivity contribution in [3.63, 3.8) is 0 Å². The van der Waals surface area contributed by atoms with E-state index in [-0.39, 0.29) is 34.2 Å². The number of aromatic nitrogens is 3. The molecule has 0 spiro atoms. The van der Waals surface area contributed by atoms with Crippen molar-refractivity contribution in [1.29, 1.82) is 5.26 Å². The van der Waals surface area contributed by atoms with Gasteiger partial charge < -0.3 is 15.0 Å². The summed E-state index contributed by atoms with van der Waals surface area (Å²) >= 11 is 0. The van der Waals surface area contributed by atoms with Gasteiger partial charge in [0.05, 0.1) is 4.90 Å². The first-order valence-corrected chi connectivity index (χ1v) is 12.4. The molecule has 1 aliphatic heterocycles. The van der Waals surface area contributed by atoms with Gasteiger partial charge in [-0.1, -0.05) is 6.07 Å². The molecule has 1 fully saturated rings. The Kier molecular flexibility index (Phi) is 6.70. The Hall–Kier alpha value is -4.04. The van der Waals surface area contributed by atoms with Gasteiger partial charge in [-0.3, -0.25) is 9.78 Å². The zero-order valence-corrected chi connectivity index (χ0v) is 19.2. The van der Waals surface area contributed by atoms with E-state index < -0.39 is 9.84 Å². The minimum atomic E-state index is -3.31. The van der Waals surface area contributed by atoms with E-state index in [0.717, 1.165) is 6.26 Å². The molecular weight excluding hydrogens is 456 g/mol. The number of carbonyl (C=O) groups excluding carboxylic acids is 1. The van der Waals surface area contributed by atoms with Crippen molar-refractivity contribution < 1.29 is 17.9 Å². The number of rotatable bonds is 6. The van der Waals surface area contributed by atoms with Gasteiger partial charge in [0.1, 0.15) is 24.2 Å². The van der Waals surface area contributed by atoms with E-state index in [2.05, 4.69) is 26.3 Å². The number of hydrogen-bond donors (Lipinski definition) is 1. The van der Waals surface area contributed by atoms with Crippen LogP contribution in [0.25, 0.3) is 0 Å². The van der Waals surface area contributed by atoms with Gasteiger partial charge in [-0.05, 0) is 36.4 Å². The smallest absolute Gasteiger partial charge is 0.272 e. The summed E-state index contributed by atoms with van der Waals surface area (Å²) in [5, 5.41) is 12.7. The van der Waals surface area contributed by atoms with E-state index in [1.54, 1.807) is 41.4 Å². The maximum Gasteiger partial charge on any atom is 0.272 e. The minimum Gasteiger partial charge on any atom is -0.473 e. The highest BCUT2D eigenvalue weighted by atomic mass is 32.2. The summed E-state index contributed by atoms with van der Waals surface area (Å²) in [6, 6.07) is 13.4. The second-order valence-electron chi connectivity index (χ2n) is 7.76. The average molecular weight is 479 g/mol. The van der Waals surface area contributed by atoms with E-state index in [1.807, 2.05) is 0 Å². The third-order valence-electron chi connectivity index (χ3n) is 5.36. The molecule has 10 nitrogen and oxygen atoms in total. The second-order valence-corrected chi connectivity index (χ2v) is 9.78. The van der Waals surface area contributed by atoms with Crippen molar-refractivity contribution in [3.05, 3.63) is 66.2 Å². The molecule has 4 rings (SSSR count). The van der Waals surface area contributed by atoms with Crippen molar-refractivity contribution in [2.45, 2.75) is 23.8 Å². The lowest BCUT2D eigenvalue weighted by molar-refractivity contribution is 0.0582. The lowest BCUT2D eigenvalue weighted by Gasteiger charge is -2.31. The fourth-order valence-electron chi connectivity index (χ4n) is 3.56. The van der Waals surface area contributed by atoms with Gasteiger partial charge in [-0.15, -0.1) is 0 Å². The number of amides is 1. The molecule has 1 amide bonds. The van der Waals surface area contributed by atoms with Gasteiger partial charge >= 0.3 is 0 Å². The van der Waals surface area contributed by atoms with Crippen LogP contribution in [-0.2, 0) is 9.84 Å². The normalized spacial score (nSPS) is 14.3. The third-order valence-corrected chi connectivity index (χ3v) is 6.49. The number of nitrogens with zero attached hydrogens (tertiary/aromatic N) is 5. The molecule has 2 aromatic heterocycles. The maximum absolute atomic E-state index is 12.6. The number of nitriles is 1. The summed E-state index contributed by atoms with van der Waals surface area (Å²) in [5.74, 6) is 0.289. The average Bonchev–Trinajstić information content (AvgIpc) is 2.85. The number of sulfone groups is 1. The molecule has 0 saturated carbocycles. The van der Waals surface area contributed by atoms with E-state index in [0.29, 0.717) is 37.3 Å². The summed E-state index contributed by atoms with van der Waals surface area (Å²) in [5.41, 5.74) is 1.11. The molecular formula is C23H22N6O4S. The Balaban J connectivity index is 1.42. The Bertz CT molecular complexity index is 1320. The van der Waals surface area contributed by atoms with Crippen LogP contribution in [0.2, 0.25) is 0 Å². The van der Waals surface area contributed by atoms with E-state index in [9.17, 15) is 18.5 Å². The van der Waals surface area contributed by atoms with Crippen LogP contribution in [-0.4, -0.2) is 59.6 Å². The van der Waals surface area contributed by atoms with Crippen LogP contribution in [0, 0.1) is 11.3 Å². The molecule has 1 saturated heterocycles. The molecule has 11 heteroatoms. The highest BCUT2D eigenvalue weighted by Gasteiger charge is 2.26. The Morgan fingerprint density at radius 2 is 1.85 bits per heavy atom. The van der Waals surface area contributed by atoms with Crippen LogP contribution in [0.4, 0.5) is 11.5 Å². The molecule has 34 heavy (non-hydrogen) atoms. The number of nitrogens with one attached hydrogen (secondary N) is 1. The Labute approximate surface area is 197 Å². The van der Waals surface area contributed by atoms with Crippen molar-refractivity contribution in [2.75, 3.05) is 24.7 Å². The molecule has 1 aliphatic rings. The Morgan fingerprint density at radius 1 is 1.12 bits per heavy atom.